The quantitative estimate of drug-likeness (QED) is 0.572. The van der Waals surface area contributed by atoms with Gasteiger partial charge in [0.1, 0.15) is 6.04 Å². The molecule has 1 aromatic carbocycles. The first-order valence-electron chi connectivity index (χ1n) is 8.15. The Morgan fingerprint density at radius 1 is 1.32 bits per heavy atom. The Labute approximate surface area is 170 Å². The number of hydrogen-bond donors (Lipinski definition) is 1. The number of rotatable bonds is 6. The zero-order chi connectivity index (χ0) is 17.9. The van der Waals surface area contributed by atoms with Crippen LogP contribution in [0.5, 0.6) is 0 Å². The van der Waals surface area contributed by atoms with E-state index < -0.39 is 23.8 Å². The van der Waals surface area contributed by atoms with Crippen molar-refractivity contribution in [1.82, 2.24) is 5.32 Å². The van der Waals surface area contributed by atoms with Gasteiger partial charge in [-0.1, -0.05) is 32.0 Å². The van der Waals surface area contributed by atoms with Crippen LogP contribution in [0.1, 0.15) is 32.3 Å². The van der Waals surface area contributed by atoms with E-state index in [0.29, 0.717) is 12.8 Å². The minimum atomic E-state index is -1.26. The first kappa shape index (κ1) is 21.7. The maximum absolute atomic E-state index is 12.5. The Bertz CT molecular complexity index is 648. The van der Waals surface area contributed by atoms with Gasteiger partial charge in [0.05, 0.1) is 0 Å². The van der Waals surface area contributed by atoms with E-state index in [-0.39, 0.29) is 47.8 Å². The molecule has 0 aliphatic carbocycles. The summed E-state index contributed by atoms with van der Waals surface area (Å²) in [5.74, 6) is -2.37. The molecule has 0 saturated carbocycles. The van der Waals surface area contributed by atoms with Crippen LogP contribution in [0.25, 0.3) is 0 Å². The number of carboxylic acid groups (broad SMARTS) is 1. The van der Waals surface area contributed by atoms with Crippen LogP contribution in [0.2, 0.25) is 0 Å². The SMILES string of the molecule is CC(C)CC(CC(=O)[O-])C(=O)NC1Cc2ccccc2N(C)C1=O.[Na+]. The fourth-order valence-corrected chi connectivity index (χ4v) is 3.13. The summed E-state index contributed by atoms with van der Waals surface area (Å²) in [6.07, 6.45) is 0.509. The topological polar surface area (TPSA) is 89.5 Å². The predicted octanol–water partition coefficient (Wildman–Crippen LogP) is -2.50. The van der Waals surface area contributed by atoms with E-state index in [1.165, 1.54) is 4.90 Å². The van der Waals surface area contributed by atoms with Crippen LogP contribution >= 0.6 is 0 Å². The van der Waals surface area contributed by atoms with Crippen LogP contribution in [0, 0.1) is 11.8 Å². The Morgan fingerprint density at radius 3 is 2.56 bits per heavy atom. The number of carbonyl (C=O) groups excluding carboxylic acids is 3. The van der Waals surface area contributed by atoms with E-state index in [1.807, 2.05) is 38.1 Å². The Hall–Kier alpha value is -1.37. The second kappa shape index (κ2) is 9.36. The average Bonchev–Trinajstić information content (AvgIpc) is 2.50. The molecule has 0 saturated heterocycles. The molecule has 7 heteroatoms. The van der Waals surface area contributed by atoms with Gasteiger partial charge < -0.3 is 20.1 Å². The number of amides is 2. The van der Waals surface area contributed by atoms with Crippen LogP contribution in [-0.2, 0) is 20.8 Å². The summed E-state index contributed by atoms with van der Waals surface area (Å²) >= 11 is 0. The number of likely N-dealkylation sites (N-methyl/N-ethyl adjacent to an activating group) is 1. The molecule has 0 fully saturated rings. The molecule has 25 heavy (non-hydrogen) atoms. The predicted molar refractivity (Wildman–Crippen MR) is 88.1 cm³/mol. The number of nitrogens with one attached hydrogen (secondary N) is 1. The third-order valence-electron chi connectivity index (χ3n) is 4.26. The summed E-state index contributed by atoms with van der Waals surface area (Å²) in [4.78, 5) is 37.4. The molecule has 1 aliphatic heterocycles. The number of nitrogens with zero attached hydrogens (tertiary/aromatic N) is 1. The summed E-state index contributed by atoms with van der Waals surface area (Å²) in [7, 11) is 1.67. The van der Waals surface area contributed by atoms with E-state index in [9.17, 15) is 19.5 Å². The van der Waals surface area contributed by atoms with Gasteiger partial charge in [-0.2, -0.15) is 0 Å². The molecule has 6 nitrogen and oxygen atoms in total. The van der Waals surface area contributed by atoms with E-state index in [4.69, 9.17) is 0 Å². The van der Waals surface area contributed by atoms with E-state index in [0.717, 1.165) is 11.3 Å². The van der Waals surface area contributed by atoms with Crippen molar-refractivity contribution < 1.29 is 49.0 Å². The molecular weight excluding hydrogens is 331 g/mol. The molecule has 1 heterocycles. The van der Waals surface area contributed by atoms with Gasteiger partial charge in [-0.15, -0.1) is 0 Å². The van der Waals surface area contributed by atoms with E-state index >= 15 is 0 Å². The fraction of sp³-hybridized carbons (Fsp3) is 0.500. The molecule has 1 aromatic rings. The van der Waals surface area contributed by atoms with Gasteiger partial charge >= 0.3 is 29.6 Å². The maximum atomic E-state index is 12.5. The number of aliphatic carboxylic acids is 1. The molecule has 2 atom stereocenters. The van der Waals surface area contributed by atoms with Gasteiger partial charge in [-0.25, -0.2) is 0 Å². The summed E-state index contributed by atoms with van der Waals surface area (Å²) in [6, 6.07) is 6.86. The van der Waals surface area contributed by atoms with Crippen LogP contribution in [0.4, 0.5) is 5.69 Å². The number of carbonyl (C=O) groups is 3. The summed E-state index contributed by atoms with van der Waals surface area (Å²) < 4.78 is 0. The Morgan fingerprint density at radius 2 is 1.96 bits per heavy atom. The zero-order valence-electron chi connectivity index (χ0n) is 15.2. The second-order valence-corrected chi connectivity index (χ2v) is 6.69. The largest absolute Gasteiger partial charge is 1.00 e. The minimum Gasteiger partial charge on any atom is -0.550 e. The second-order valence-electron chi connectivity index (χ2n) is 6.69. The molecule has 0 bridgehead atoms. The van der Waals surface area contributed by atoms with E-state index in [2.05, 4.69) is 5.32 Å². The molecule has 2 rings (SSSR count). The zero-order valence-corrected chi connectivity index (χ0v) is 17.2. The molecule has 0 radical (unpaired) electrons. The third kappa shape index (κ3) is 5.56. The van der Waals surface area contributed by atoms with E-state index in [1.54, 1.807) is 7.05 Å². The molecule has 0 aromatic heterocycles. The van der Waals surface area contributed by atoms with Crippen molar-refractivity contribution >= 4 is 23.5 Å². The van der Waals surface area contributed by atoms with Crippen LogP contribution in [0.3, 0.4) is 0 Å². The Kier molecular flexibility index (Phi) is 8.12. The smallest absolute Gasteiger partial charge is 0.550 e. The number of hydrogen-bond acceptors (Lipinski definition) is 4. The molecule has 2 amide bonds. The molecular formula is C18H23N2NaO4. The van der Waals surface area contributed by atoms with Crippen LogP contribution < -0.4 is 44.9 Å². The van der Waals surface area contributed by atoms with Crippen molar-refractivity contribution in [2.24, 2.45) is 11.8 Å². The van der Waals surface area contributed by atoms with Gasteiger partial charge in [0.25, 0.3) is 0 Å². The van der Waals surface area contributed by atoms with Gasteiger partial charge in [-0.05, 0) is 30.4 Å². The van der Waals surface area contributed by atoms with Gasteiger partial charge in [0, 0.05) is 31.0 Å². The summed E-state index contributed by atoms with van der Waals surface area (Å²) in [5, 5.41) is 13.6. The fourth-order valence-electron chi connectivity index (χ4n) is 3.13. The number of anilines is 1. The summed E-state index contributed by atoms with van der Waals surface area (Å²) in [6.45, 7) is 3.84. The molecule has 1 aliphatic rings. The normalized spacial score (nSPS) is 17.5. The van der Waals surface area contributed by atoms with Crippen molar-refractivity contribution in [1.29, 1.82) is 0 Å². The molecule has 0 spiro atoms. The van der Waals surface area contributed by atoms with Crippen molar-refractivity contribution in [3.8, 4) is 0 Å². The van der Waals surface area contributed by atoms with Crippen molar-refractivity contribution in [2.45, 2.75) is 39.2 Å². The third-order valence-corrected chi connectivity index (χ3v) is 4.26. The minimum absolute atomic E-state index is 0. The van der Waals surface area contributed by atoms with Gasteiger partial charge in [-0.3, -0.25) is 9.59 Å². The number of carboxylic acids is 1. The number of para-hydroxylation sites is 1. The van der Waals surface area contributed by atoms with Crippen LogP contribution in [-0.4, -0.2) is 30.9 Å². The average molecular weight is 354 g/mol. The number of fused-ring (bicyclic) bond motifs is 1. The Balaban J connectivity index is 0.00000312. The molecule has 130 valence electrons. The van der Waals surface area contributed by atoms with Gasteiger partial charge in [0.15, 0.2) is 0 Å². The van der Waals surface area contributed by atoms with Crippen molar-refractivity contribution in [3.63, 3.8) is 0 Å². The number of benzene rings is 1. The maximum Gasteiger partial charge on any atom is 1.00 e. The first-order chi connectivity index (χ1) is 11.3. The first-order valence-corrected chi connectivity index (χ1v) is 8.15. The van der Waals surface area contributed by atoms with Gasteiger partial charge in [0.2, 0.25) is 11.8 Å². The molecule has 2 unspecified atom stereocenters. The standard InChI is InChI=1S/C18H24N2O4.Na/c1-11(2)8-13(10-16(21)22)17(23)19-14-9-12-6-4-5-7-15(12)20(3)18(14)24;/h4-7,11,13-14H,8-10H2,1-3H3,(H,19,23)(H,21,22);/q;+1/p-1. The molecule has 1 N–H and O–H groups in total. The van der Waals surface area contributed by atoms with Crippen LogP contribution in [0.15, 0.2) is 24.3 Å². The van der Waals surface area contributed by atoms with Crippen molar-refractivity contribution in [3.05, 3.63) is 29.8 Å². The van der Waals surface area contributed by atoms with Crippen molar-refractivity contribution in [2.75, 3.05) is 11.9 Å². The monoisotopic (exact) mass is 354 g/mol. The summed E-state index contributed by atoms with van der Waals surface area (Å²) in [5.41, 5.74) is 1.81.